The van der Waals surface area contributed by atoms with Gasteiger partial charge in [-0.25, -0.2) is 0 Å². The summed E-state index contributed by atoms with van der Waals surface area (Å²) in [4.78, 5) is 26.1. The van der Waals surface area contributed by atoms with Crippen molar-refractivity contribution in [3.8, 4) is 0 Å². The van der Waals surface area contributed by atoms with Crippen molar-refractivity contribution in [1.29, 1.82) is 0 Å². The van der Waals surface area contributed by atoms with Gasteiger partial charge in [0.1, 0.15) is 6.10 Å². The molecular formula is C54H101NO5. The summed E-state index contributed by atoms with van der Waals surface area (Å²) in [6, 6.07) is -0.709. The maximum atomic E-state index is 13.2. The maximum absolute atomic E-state index is 13.2. The molecule has 0 bridgehead atoms. The van der Waals surface area contributed by atoms with Crippen molar-refractivity contribution in [2.24, 2.45) is 0 Å². The topological polar surface area (TPSA) is 95.9 Å². The molecule has 6 nitrogen and oxygen atoms in total. The second kappa shape index (κ2) is 48.1. The molecule has 352 valence electrons. The van der Waals surface area contributed by atoms with Crippen LogP contribution in [-0.4, -0.2) is 46.9 Å². The number of amides is 1. The highest BCUT2D eigenvalue weighted by atomic mass is 16.5. The molecule has 0 aliphatic carbocycles. The van der Waals surface area contributed by atoms with Crippen LogP contribution in [0.1, 0.15) is 271 Å². The van der Waals surface area contributed by atoms with Gasteiger partial charge in [0.25, 0.3) is 0 Å². The van der Waals surface area contributed by atoms with Crippen molar-refractivity contribution in [2.75, 3.05) is 6.61 Å². The first-order valence-corrected chi connectivity index (χ1v) is 26.2. The average Bonchev–Trinajstić information content (AvgIpc) is 3.24. The molecule has 3 atom stereocenters. The Bertz CT molecular complexity index is 993. The fraction of sp³-hybridized carbons (Fsp3) is 0.852. The van der Waals surface area contributed by atoms with Crippen molar-refractivity contribution in [1.82, 2.24) is 5.32 Å². The van der Waals surface area contributed by atoms with E-state index < -0.39 is 18.2 Å². The lowest BCUT2D eigenvalue weighted by Crippen LogP contribution is -2.46. The maximum Gasteiger partial charge on any atom is 0.306 e. The number of aliphatic hydroxyl groups is 2. The molecule has 0 aliphatic rings. The molecule has 0 heterocycles. The van der Waals surface area contributed by atoms with Gasteiger partial charge >= 0.3 is 5.97 Å². The van der Waals surface area contributed by atoms with E-state index >= 15 is 0 Å². The molecule has 0 aromatic heterocycles. The van der Waals surface area contributed by atoms with Crippen LogP contribution in [0.4, 0.5) is 0 Å². The van der Waals surface area contributed by atoms with E-state index in [0.29, 0.717) is 19.3 Å². The fourth-order valence-corrected chi connectivity index (χ4v) is 8.08. The SMILES string of the molecule is CC/C=C/C=C/C=C\CCCCCC(CC(=O)NC(CO)C(O)CCCCCCCCCCCCCCCCCCC)OC(=O)CCCCCCCCCCCCCCC. The summed E-state index contributed by atoms with van der Waals surface area (Å²) in [6.07, 6.45) is 56.4. The molecule has 1 amide bonds. The zero-order valence-corrected chi connectivity index (χ0v) is 40.1. The highest BCUT2D eigenvalue weighted by Gasteiger charge is 2.24. The van der Waals surface area contributed by atoms with Crippen LogP contribution in [0, 0.1) is 0 Å². The molecule has 0 aromatic rings. The molecule has 3 N–H and O–H groups in total. The Kier molecular flexibility index (Phi) is 46.6. The molecular weight excluding hydrogens is 743 g/mol. The smallest absolute Gasteiger partial charge is 0.306 e. The number of unbranched alkanes of at least 4 members (excludes halogenated alkanes) is 31. The van der Waals surface area contributed by atoms with E-state index in [2.05, 4.69) is 56.5 Å². The number of carbonyl (C=O) groups is 2. The predicted octanol–water partition coefficient (Wildman–Crippen LogP) is 15.7. The number of carbonyl (C=O) groups excluding carboxylic acids is 2. The summed E-state index contributed by atoms with van der Waals surface area (Å²) < 4.78 is 5.91. The number of nitrogens with one attached hydrogen (secondary N) is 1. The highest BCUT2D eigenvalue weighted by Crippen LogP contribution is 2.18. The summed E-state index contributed by atoms with van der Waals surface area (Å²) in [7, 11) is 0. The van der Waals surface area contributed by atoms with Crippen molar-refractivity contribution in [3.05, 3.63) is 36.5 Å². The number of ether oxygens (including phenoxy) is 1. The van der Waals surface area contributed by atoms with Gasteiger partial charge in [-0.15, -0.1) is 0 Å². The molecule has 60 heavy (non-hydrogen) atoms. The fourth-order valence-electron chi connectivity index (χ4n) is 8.08. The first-order chi connectivity index (χ1) is 29.5. The predicted molar refractivity (Wildman–Crippen MR) is 259 cm³/mol. The normalized spacial score (nSPS) is 13.5. The van der Waals surface area contributed by atoms with Crippen LogP contribution in [0.3, 0.4) is 0 Å². The van der Waals surface area contributed by atoms with Gasteiger partial charge in [0.05, 0.1) is 25.2 Å². The average molecular weight is 844 g/mol. The van der Waals surface area contributed by atoms with Crippen molar-refractivity contribution in [3.63, 3.8) is 0 Å². The van der Waals surface area contributed by atoms with Crippen LogP contribution >= 0.6 is 0 Å². The Morgan fingerprint density at radius 3 is 1.35 bits per heavy atom. The number of rotatable bonds is 47. The number of hydrogen-bond acceptors (Lipinski definition) is 5. The number of esters is 1. The van der Waals surface area contributed by atoms with Gasteiger partial charge < -0.3 is 20.3 Å². The Balaban J connectivity index is 4.48. The van der Waals surface area contributed by atoms with Gasteiger partial charge in [-0.2, -0.15) is 0 Å². The Morgan fingerprint density at radius 1 is 0.500 bits per heavy atom. The van der Waals surface area contributed by atoms with Gasteiger partial charge in [0.15, 0.2) is 0 Å². The summed E-state index contributed by atoms with van der Waals surface area (Å²) in [6.45, 7) is 6.36. The second-order valence-electron chi connectivity index (χ2n) is 18.0. The largest absolute Gasteiger partial charge is 0.462 e. The van der Waals surface area contributed by atoms with Gasteiger partial charge in [-0.05, 0) is 44.9 Å². The van der Waals surface area contributed by atoms with Crippen LogP contribution in [-0.2, 0) is 14.3 Å². The third kappa shape index (κ3) is 42.8. The monoisotopic (exact) mass is 844 g/mol. The van der Waals surface area contributed by atoms with Crippen molar-refractivity contribution >= 4 is 11.9 Å². The summed E-state index contributed by atoms with van der Waals surface area (Å²) in [5, 5.41) is 23.8. The summed E-state index contributed by atoms with van der Waals surface area (Å²) >= 11 is 0. The van der Waals surface area contributed by atoms with Crippen LogP contribution in [0.2, 0.25) is 0 Å². The molecule has 0 rings (SSSR count). The van der Waals surface area contributed by atoms with E-state index in [1.54, 1.807) is 0 Å². The van der Waals surface area contributed by atoms with Gasteiger partial charge in [-0.1, -0.05) is 250 Å². The molecule has 0 aromatic carbocycles. The molecule has 0 radical (unpaired) electrons. The lowest BCUT2D eigenvalue weighted by Gasteiger charge is -2.24. The van der Waals surface area contributed by atoms with E-state index in [4.69, 9.17) is 4.74 Å². The van der Waals surface area contributed by atoms with E-state index in [1.165, 1.54) is 154 Å². The first-order valence-electron chi connectivity index (χ1n) is 26.2. The standard InChI is InChI=1S/C54H101NO5/c1-4-7-10-13-16-19-22-24-25-26-27-29-31-34-37-40-43-46-52(57)51(49-56)55-53(58)48-50(45-42-39-36-33-30-21-18-15-12-9-6-3)60-54(59)47-44-41-38-35-32-28-23-20-17-14-11-8-5-2/h9,12,15,18,21,30,50-52,56-57H,4-8,10-11,13-14,16-17,19-20,22-29,31-49H2,1-3H3,(H,55,58)/b12-9+,18-15+,30-21-. The minimum atomic E-state index is -0.794. The quantitative estimate of drug-likeness (QED) is 0.0322. The van der Waals surface area contributed by atoms with E-state index in [9.17, 15) is 19.8 Å². The first kappa shape index (κ1) is 58.1. The van der Waals surface area contributed by atoms with Crippen LogP contribution in [0.5, 0.6) is 0 Å². The highest BCUT2D eigenvalue weighted by molar-refractivity contribution is 5.77. The molecule has 3 unspecified atom stereocenters. The Labute approximate surface area is 373 Å². The zero-order valence-electron chi connectivity index (χ0n) is 40.1. The van der Waals surface area contributed by atoms with E-state index in [1.807, 2.05) is 6.08 Å². The van der Waals surface area contributed by atoms with Crippen molar-refractivity contribution in [2.45, 2.75) is 289 Å². The Morgan fingerprint density at radius 2 is 0.900 bits per heavy atom. The summed E-state index contributed by atoms with van der Waals surface area (Å²) in [5.74, 6) is -0.499. The van der Waals surface area contributed by atoms with Crippen LogP contribution < -0.4 is 5.32 Å². The third-order valence-corrected chi connectivity index (χ3v) is 12.0. The minimum Gasteiger partial charge on any atom is -0.462 e. The van der Waals surface area contributed by atoms with E-state index in [-0.39, 0.29) is 24.9 Å². The third-order valence-electron chi connectivity index (χ3n) is 12.0. The molecule has 0 spiro atoms. The number of aliphatic hydroxyl groups excluding tert-OH is 2. The van der Waals surface area contributed by atoms with E-state index in [0.717, 1.165) is 70.6 Å². The summed E-state index contributed by atoms with van der Waals surface area (Å²) in [5.41, 5.74) is 0. The molecule has 6 heteroatoms. The zero-order chi connectivity index (χ0) is 43.8. The number of allylic oxidation sites excluding steroid dienone is 6. The minimum absolute atomic E-state index is 0.0582. The van der Waals surface area contributed by atoms with Crippen LogP contribution in [0.15, 0.2) is 36.5 Å². The van der Waals surface area contributed by atoms with Gasteiger partial charge in [0, 0.05) is 6.42 Å². The second-order valence-corrected chi connectivity index (χ2v) is 18.0. The number of hydrogen-bond donors (Lipinski definition) is 3. The molecule has 0 saturated heterocycles. The lowest BCUT2D eigenvalue weighted by atomic mass is 10.0. The lowest BCUT2D eigenvalue weighted by molar-refractivity contribution is -0.151. The van der Waals surface area contributed by atoms with Gasteiger partial charge in [0.2, 0.25) is 5.91 Å². The van der Waals surface area contributed by atoms with Gasteiger partial charge in [-0.3, -0.25) is 9.59 Å². The molecule has 0 fully saturated rings. The molecule has 0 saturated carbocycles. The Hall–Kier alpha value is -1.92. The van der Waals surface area contributed by atoms with Crippen LogP contribution in [0.25, 0.3) is 0 Å². The molecule has 0 aliphatic heterocycles. The van der Waals surface area contributed by atoms with Crippen molar-refractivity contribution < 1.29 is 24.5 Å².